The lowest BCUT2D eigenvalue weighted by Crippen LogP contribution is -1.94. The van der Waals surface area contributed by atoms with Gasteiger partial charge in [0.15, 0.2) is 0 Å². The Morgan fingerprint density at radius 1 is 0.808 bits per heavy atom. The van der Waals surface area contributed by atoms with E-state index in [1.807, 2.05) is 54.6 Å². The summed E-state index contributed by atoms with van der Waals surface area (Å²) in [6.07, 6.45) is 0. The van der Waals surface area contributed by atoms with Gasteiger partial charge in [-0.25, -0.2) is 9.37 Å². The molecule has 128 valence electrons. The van der Waals surface area contributed by atoms with E-state index in [-0.39, 0.29) is 5.82 Å². The fourth-order valence-electron chi connectivity index (χ4n) is 2.57. The Morgan fingerprint density at radius 2 is 1.50 bits per heavy atom. The number of hydrogen-bond donors (Lipinski definition) is 1. The second kappa shape index (κ2) is 7.02. The van der Waals surface area contributed by atoms with Crippen LogP contribution in [0.15, 0.2) is 78.9 Å². The van der Waals surface area contributed by atoms with Crippen molar-refractivity contribution in [2.45, 2.75) is 0 Å². The molecule has 0 aliphatic heterocycles. The number of hydrogen-bond acceptors (Lipinski definition) is 3. The number of nitrogens with zero attached hydrogens (tertiary/aromatic N) is 1. The number of para-hydroxylation sites is 1. The van der Waals surface area contributed by atoms with Gasteiger partial charge in [-0.2, -0.15) is 0 Å². The molecule has 3 nitrogen and oxygen atoms in total. The zero-order valence-electron chi connectivity index (χ0n) is 13.6. The molecule has 0 bridgehead atoms. The second-order valence-corrected chi connectivity index (χ2v) is 6.12. The van der Waals surface area contributed by atoms with Crippen LogP contribution in [0, 0.1) is 5.82 Å². The minimum absolute atomic E-state index is 0.292. The van der Waals surface area contributed by atoms with Crippen molar-refractivity contribution in [3.05, 3.63) is 89.7 Å². The van der Waals surface area contributed by atoms with Crippen LogP contribution in [0.25, 0.3) is 10.9 Å². The van der Waals surface area contributed by atoms with Crippen LogP contribution in [-0.2, 0) is 0 Å². The number of ether oxygens (including phenoxy) is 1. The van der Waals surface area contributed by atoms with Crippen LogP contribution in [-0.4, -0.2) is 4.98 Å². The Labute approximate surface area is 155 Å². The SMILES string of the molecule is Fc1ccc(Oc2ccc(Nc3ccc4cccc(Cl)c4n3)cc2)cc1. The number of nitrogens with one attached hydrogen (secondary N) is 1. The largest absolute Gasteiger partial charge is 0.457 e. The van der Waals surface area contributed by atoms with E-state index in [0.717, 1.165) is 16.6 Å². The summed E-state index contributed by atoms with van der Waals surface area (Å²) in [6, 6.07) is 22.9. The standard InChI is InChI=1S/C21H14ClFN2O/c22-19-3-1-2-14-4-13-20(25-21(14)19)24-16-7-11-18(12-8-16)26-17-9-5-15(23)6-10-17/h1-13H,(H,24,25). The molecule has 1 aromatic heterocycles. The Balaban J connectivity index is 1.50. The summed E-state index contributed by atoms with van der Waals surface area (Å²) in [6.45, 7) is 0. The average molecular weight is 365 g/mol. The molecule has 4 rings (SSSR count). The molecule has 0 amide bonds. The van der Waals surface area contributed by atoms with Gasteiger partial charge in [0.2, 0.25) is 0 Å². The lowest BCUT2D eigenvalue weighted by molar-refractivity contribution is 0.480. The van der Waals surface area contributed by atoms with E-state index < -0.39 is 0 Å². The van der Waals surface area contributed by atoms with Gasteiger partial charge in [-0.1, -0.05) is 23.7 Å². The molecule has 0 aliphatic rings. The van der Waals surface area contributed by atoms with Crippen LogP contribution in [0.2, 0.25) is 5.02 Å². The maximum atomic E-state index is 12.9. The van der Waals surface area contributed by atoms with Crippen molar-refractivity contribution in [1.29, 1.82) is 0 Å². The average Bonchev–Trinajstić information content (AvgIpc) is 2.66. The Morgan fingerprint density at radius 3 is 2.23 bits per heavy atom. The fourth-order valence-corrected chi connectivity index (χ4v) is 2.80. The summed E-state index contributed by atoms with van der Waals surface area (Å²) in [5, 5.41) is 4.86. The van der Waals surface area contributed by atoms with Gasteiger partial charge in [0, 0.05) is 11.1 Å². The van der Waals surface area contributed by atoms with Crippen molar-refractivity contribution < 1.29 is 9.13 Å². The molecule has 0 aliphatic carbocycles. The van der Waals surface area contributed by atoms with Crippen molar-refractivity contribution in [2.75, 3.05) is 5.32 Å². The quantitative estimate of drug-likeness (QED) is 0.445. The summed E-state index contributed by atoms with van der Waals surface area (Å²) >= 11 is 6.21. The summed E-state index contributed by atoms with van der Waals surface area (Å²) in [5.41, 5.74) is 1.63. The fraction of sp³-hybridized carbons (Fsp3) is 0. The highest BCUT2D eigenvalue weighted by molar-refractivity contribution is 6.35. The smallest absolute Gasteiger partial charge is 0.131 e. The van der Waals surface area contributed by atoms with Gasteiger partial charge in [0.05, 0.1) is 10.5 Å². The summed E-state index contributed by atoms with van der Waals surface area (Å²) in [5.74, 6) is 1.66. The lowest BCUT2D eigenvalue weighted by Gasteiger charge is -2.09. The van der Waals surface area contributed by atoms with E-state index in [0.29, 0.717) is 22.3 Å². The van der Waals surface area contributed by atoms with Crippen LogP contribution >= 0.6 is 11.6 Å². The van der Waals surface area contributed by atoms with Crippen LogP contribution < -0.4 is 10.1 Å². The van der Waals surface area contributed by atoms with Gasteiger partial charge in [-0.15, -0.1) is 0 Å². The first-order valence-corrected chi connectivity index (χ1v) is 8.41. The van der Waals surface area contributed by atoms with Crippen molar-refractivity contribution in [3.8, 4) is 11.5 Å². The molecule has 0 fully saturated rings. The number of fused-ring (bicyclic) bond motifs is 1. The zero-order chi connectivity index (χ0) is 17.9. The van der Waals surface area contributed by atoms with Crippen molar-refractivity contribution in [3.63, 3.8) is 0 Å². The first-order chi connectivity index (χ1) is 12.7. The first kappa shape index (κ1) is 16.4. The molecule has 0 radical (unpaired) electrons. The highest BCUT2D eigenvalue weighted by Crippen LogP contribution is 2.26. The monoisotopic (exact) mass is 364 g/mol. The normalized spacial score (nSPS) is 10.7. The molecule has 1 heterocycles. The third-order valence-corrected chi connectivity index (χ3v) is 4.15. The van der Waals surface area contributed by atoms with Crippen molar-refractivity contribution in [2.24, 2.45) is 0 Å². The van der Waals surface area contributed by atoms with Gasteiger partial charge in [0.1, 0.15) is 23.1 Å². The minimum atomic E-state index is -0.292. The third kappa shape index (κ3) is 3.60. The summed E-state index contributed by atoms with van der Waals surface area (Å²) in [4.78, 5) is 4.56. The molecule has 26 heavy (non-hydrogen) atoms. The van der Waals surface area contributed by atoms with Gasteiger partial charge in [-0.3, -0.25) is 0 Å². The molecule has 0 unspecified atom stereocenters. The molecule has 1 N–H and O–H groups in total. The van der Waals surface area contributed by atoms with Crippen LogP contribution in [0.4, 0.5) is 15.9 Å². The van der Waals surface area contributed by atoms with Gasteiger partial charge >= 0.3 is 0 Å². The maximum absolute atomic E-state index is 12.9. The zero-order valence-corrected chi connectivity index (χ0v) is 14.4. The highest BCUT2D eigenvalue weighted by Gasteiger charge is 2.03. The molecule has 0 spiro atoms. The molecule has 3 aromatic carbocycles. The number of halogens is 2. The predicted octanol–water partition coefficient (Wildman–Crippen LogP) is 6.56. The second-order valence-electron chi connectivity index (χ2n) is 5.71. The number of anilines is 2. The Kier molecular flexibility index (Phi) is 4.42. The molecule has 5 heteroatoms. The van der Waals surface area contributed by atoms with Crippen LogP contribution in [0.1, 0.15) is 0 Å². The van der Waals surface area contributed by atoms with E-state index >= 15 is 0 Å². The number of benzene rings is 3. The van der Waals surface area contributed by atoms with E-state index in [1.54, 1.807) is 12.1 Å². The van der Waals surface area contributed by atoms with Gasteiger partial charge < -0.3 is 10.1 Å². The van der Waals surface area contributed by atoms with Crippen LogP contribution in [0.5, 0.6) is 11.5 Å². The molecule has 0 saturated carbocycles. The van der Waals surface area contributed by atoms with Crippen molar-refractivity contribution >= 4 is 34.0 Å². The molecule has 0 atom stereocenters. The molecular weight excluding hydrogens is 351 g/mol. The Bertz CT molecular complexity index is 1050. The molecule has 4 aromatic rings. The minimum Gasteiger partial charge on any atom is -0.457 e. The van der Waals surface area contributed by atoms with E-state index in [9.17, 15) is 4.39 Å². The molecular formula is C21H14ClFN2O. The number of aromatic nitrogens is 1. The van der Waals surface area contributed by atoms with Crippen LogP contribution in [0.3, 0.4) is 0 Å². The predicted molar refractivity (Wildman–Crippen MR) is 103 cm³/mol. The summed E-state index contributed by atoms with van der Waals surface area (Å²) < 4.78 is 18.6. The third-order valence-electron chi connectivity index (χ3n) is 3.85. The first-order valence-electron chi connectivity index (χ1n) is 8.03. The molecule has 0 saturated heterocycles. The Hall–Kier alpha value is -3.11. The lowest BCUT2D eigenvalue weighted by atomic mass is 10.2. The topological polar surface area (TPSA) is 34.1 Å². The van der Waals surface area contributed by atoms with Gasteiger partial charge in [-0.05, 0) is 66.7 Å². The van der Waals surface area contributed by atoms with Gasteiger partial charge in [0.25, 0.3) is 0 Å². The summed E-state index contributed by atoms with van der Waals surface area (Å²) in [7, 11) is 0. The number of rotatable bonds is 4. The van der Waals surface area contributed by atoms with E-state index in [2.05, 4.69) is 10.3 Å². The van der Waals surface area contributed by atoms with E-state index in [4.69, 9.17) is 16.3 Å². The number of pyridine rings is 1. The van der Waals surface area contributed by atoms with E-state index in [1.165, 1.54) is 12.1 Å². The van der Waals surface area contributed by atoms with Crippen molar-refractivity contribution in [1.82, 2.24) is 4.98 Å². The maximum Gasteiger partial charge on any atom is 0.131 e. The highest BCUT2D eigenvalue weighted by atomic mass is 35.5.